The third-order valence-electron chi connectivity index (χ3n) is 3.47. The molecule has 0 aromatic heterocycles. The summed E-state index contributed by atoms with van der Waals surface area (Å²) in [5.74, 6) is 1.79. The molecule has 1 heterocycles. The Kier molecular flexibility index (Phi) is 5.32. The summed E-state index contributed by atoms with van der Waals surface area (Å²) in [5, 5.41) is 0. The van der Waals surface area contributed by atoms with Gasteiger partial charge in [0, 0.05) is 23.0 Å². The molecule has 1 rings (SSSR count). The van der Waals surface area contributed by atoms with E-state index in [0.29, 0.717) is 17.1 Å². The number of carbonyl (C=O) groups excluding carboxylic acids is 1. The molecular weight excluding hydrogens is 218 g/mol. The van der Waals surface area contributed by atoms with Crippen molar-refractivity contribution in [2.24, 2.45) is 5.92 Å². The molecule has 16 heavy (non-hydrogen) atoms. The molecule has 1 fully saturated rings. The van der Waals surface area contributed by atoms with Gasteiger partial charge in [-0.25, -0.2) is 0 Å². The molecule has 3 heteroatoms. The molecule has 0 aromatic rings. The number of carbonyl (C=O) groups is 1. The lowest BCUT2D eigenvalue weighted by Crippen LogP contribution is -2.34. The van der Waals surface area contributed by atoms with E-state index in [1.807, 2.05) is 18.7 Å². The normalized spacial score (nSPS) is 23.8. The standard InChI is InChI=1S/C13H25NOS/c1-5-11(2)12(15)10-14-7-6-13(3,4)16-9-8-14/h11H,5-10H2,1-4H3. The van der Waals surface area contributed by atoms with Crippen LogP contribution in [0.15, 0.2) is 0 Å². The van der Waals surface area contributed by atoms with E-state index in [1.165, 1.54) is 6.42 Å². The quantitative estimate of drug-likeness (QED) is 0.757. The molecule has 0 aromatic carbocycles. The first-order valence-corrected chi connectivity index (χ1v) is 7.32. The summed E-state index contributed by atoms with van der Waals surface area (Å²) < 4.78 is 0.383. The van der Waals surface area contributed by atoms with Crippen LogP contribution in [0.2, 0.25) is 0 Å². The van der Waals surface area contributed by atoms with Gasteiger partial charge in [0.2, 0.25) is 0 Å². The second-order valence-corrected chi connectivity index (χ2v) is 7.21. The van der Waals surface area contributed by atoms with Crippen LogP contribution in [0, 0.1) is 5.92 Å². The number of rotatable bonds is 4. The maximum absolute atomic E-state index is 11.9. The van der Waals surface area contributed by atoms with Gasteiger partial charge in [0.25, 0.3) is 0 Å². The fourth-order valence-electron chi connectivity index (χ4n) is 1.82. The molecule has 0 saturated carbocycles. The third-order valence-corrected chi connectivity index (χ3v) is 4.84. The smallest absolute Gasteiger partial charge is 0.149 e. The van der Waals surface area contributed by atoms with Gasteiger partial charge >= 0.3 is 0 Å². The van der Waals surface area contributed by atoms with Crippen LogP contribution in [-0.4, -0.2) is 40.8 Å². The Balaban J connectivity index is 2.41. The van der Waals surface area contributed by atoms with Crippen molar-refractivity contribution in [3.05, 3.63) is 0 Å². The molecule has 1 aliphatic rings. The van der Waals surface area contributed by atoms with Gasteiger partial charge in [-0.3, -0.25) is 9.69 Å². The van der Waals surface area contributed by atoms with Crippen LogP contribution >= 0.6 is 11.8 Å². The molecule has 2 nitrogen and oxygen atoms in total. The molecule has 0 aliphatic carbocycles. The van der Waals surface area contributed by atoms with E-state index in [9.17, 15) is 4.79 Å². The van der Waals surface area contributed by atoms with Crippen molar-refractivity contribution in [2.75, 3.05) is 25.4 Å². The molecule has 0 bridgehead atoms. The molecular formula is C13H25NOS. The highest BCUT2D eigenvalue weighted by Crippen LogP contribution is 2.30. The van der Waals surface area contributed by atoms with Crippen LogP contribution in [0.5, 0.6) is 0 Å². The van der Waals surface area contributed by atoms with Crippen LogP contribution in [0.1, 0.15) is 40.5 Å². The minimum Gasteiger partial charge on any atom is -0.298 e. The minimum atomic E-state index is 0.226. The maximum atomic E-state index is 11.9. The van der Waals surface area contributed by atoms with Crippen LogP contribution in [0.25, 0.3) is 0 Å². The van der Waals surface area contributed by atoms with Gasteiger partial charge < -0.3 is 0 Å². The van der Waals surface area contributed by atoms with Crippen LogP contribution in [-0.2, 0) is 4.79 Å². The van der Waals surface area contributed by atoms with E-state index in [4.69, 9.17) is 0 Å². The van der Waals surface area contributed by atoms with Crippen molar-refractivity contribution in [3.63, 3.8) is 0 Å². The summed E-state index contributed by atoms with van der Waals surface area (Å²) in [5.41, 5.74) is 0. The summed E-state index contributed by atoms with van der Waals surface area (Å²) in [6.07, 6.45) is 2.15. The van der Waals surface area contributed by atoms with Crippen LogP contribution < -0.4 is 0 Å². The number of ketones is 1. The Morgan fingerprint density at radius 3 is 2.75 bits per heavy atom. The fourth-order valence-corrected chi connectivity index (χ4v) is 2.96. The fraction of sp³-hybridized carbons (Fsp3) is 0.923. The Hall–Kier alpha value is -0.0200. The van der Waals surface area contributed by atoms with Crippen molar-refractivity contribution in [1.82, 2.24) is 4.90 Å². The predicted octanol–water partition coefficient (Wildman–Crippen LogP) is 2.82. The highest BCUT2D eigenvalue weighted by Gasteiger charge is 2.25. The van der Waals surface area contributed by atoms with Crippen LogP contribution in [0.3, 0.4) is 0 Å². The zero-order valence-corrected chi connectivity index (χ0v) is 11.9. The molecule has 1 unspecified atom stereocenters. The number of hydrogen-bond acceptors (Lipinski definition) is 3. The average Bonchev–Trinajstić information content (AvgIpc) is 2.39. The van der Waals surface area contributed by atoms with Crippen molar-refractivity contribution in [2.45, 2.75) is 45.3 Å². The molecule has 0 N–H and O–H groups in total. The SMILES string of the molecule is CCC(C)C(=O)CN1CCSC(C)(C)CC1. The molecule has 1 atom stereocenters. The first-order valence-electron chi connectivity index (χ1n) is 6.33. The van der Waals surface area contributed by atoms with Crippen molar-refractivity contribution in [3.8, 4) is 0 Å². The van der Waals surface area contributed by atoms with Crippen molar-refractivity contribution in [1.29, 1.82) is 0 Å². The largest absolute Gasteiger partial charge is 0.298 e. The Bertz CT molecular complexity index is 240. The number of hydrogen-bond donors (Lipinski definition) is 0. The molecule has 0 spiro atoms. The zero-order valence-electron chi connectivity index (χ0n) is 11.1. The molecule has 1 aliphatic heterocycles. The molecule has 0 radical (unpaired) electrons. The molecule has 0 amide bonds. The van der Waals surface area contributed by atoms with Gasteiger partial charge in [-0.15, -0.1) is 0 Å². The minimum absolute atomic E-state index is 0.226. The van der Waals surface area contributed by atoms with Crippen molar-refractivity contribution < 1.29 is 4.79 Å². The second-order valence-electron chi connectivity index (χ2n) is 5.41. The highest BCUT2D eigenvalue weighted by molar-refractivity contribution is 8.00. The van der Waals surface area contributed by atoms with Gasteiger partial charge in [-0.2, -0.15) is 11.8 Å². The van der Waals surface area contributed by atoms with Crippen LogP contribution in [0.4, 0.5) is 0 Å². The van der Waals surface area contributed by atoms with E-state index in [1.54, 1.807) is 0 Å². The average molecular weight is 243 g/mol. The van der Waals surface area contributed by atoms with Gasteiger partial charge in [-0.1, -0.05) is 27.7 Å². The summed E-state index contributed by atoms with van der Waals surface area (Å²) in [7, 11) is 0. The molecule has 1 saturated heterocycles. The lowest BCUT2D eigenvalue weighted by Gasteiger charge is -2.22. The lowest BCUT2D eigenvalue weighted by molar-refractivity contribution is -0.123. The van der Waals surface area contributed by atoms with Crippen molar-refractivity contribution >= 4 is 17.5 Å². The first-order chi connectivity index (χ1) is 7.44. The Morgan fingerprint density at radius 2 is 2.12 bits per heavy atom. The van der Waals surface area contributed by atoms with Gasteiger partial charge in [0.1, 0.15) is 5.78 Å². The summed E-state index contributed by atoms with van der Waals surface area (Å²) in [4.78, 5) is 14.2. The number of thioether (sulfide) groups is 1. The topological polar surface area (TPSA) is 20.3 Å². The summed E-state index contributed by atoms with van der Waals surface area (Å²) >= 11 is 2.03. The van der Waals surface area contributed by atoms with Gasteiger partial charge in [0.05, 0.1) is 6.54 Å². The van der Waals surface area contributed by atoms with E-state index < -0.39 is 0 Å². The lowest BCUT2D eigenvalue weighted by atomic mass is 10.0. The third kappa shape index (κ3) is 4.46. The Labute approximate surface area is 104 Å². The zero-order chi connectivity index (χ0) is 12.2. The summed E-state index contributed by atoms with van der Waals surface area (Å²) in [6.45, 7) is 11.5. The number of nitrogens with zero attached hydrogens (tertiary/aromatic N) is 1. The highest BCUT2D eigenvalue weighted by atomic mass is 32.2. The van der Waals surface area contributed by atoms with E-state index in [2.05, 4.69) is 25.7 Å². The summed E-state index contributed by atoms with van der Waals surface area (Å²) in [6, 6.07) is 0. The van der Waals surface area contributed by atoms with E-state index in [-0.39, 0.29) is 5.92 Å². The predicted molar refractivity (Wildman–Crippen MR) is 72.1 cm³/mol. The number of Topliss-reactive ketones (excluding diaryl/α,β-unsaturated/α-hetero) is 1. The molecule has 94 valence electrons. The van der Waals surface area contributed by atoms with Gasteiger partial charge in [0.15, 0.2) is 0 Å². The monoisotopic (exact) mass is 243 g/mol. The van der Waals surface area contributed by atoms with E-state index in [0.717, 1.165) is 25.3 Å². The Morgan fingerprint density at radius 1 is 1.44 bits per heavy atom. The van der Waals surface area contributed by atoms with E-state index >= 15 is 0 Å². The first kappa shape index (κ1) is 14.0. The maximum Gasteiger partial charge on any atom is 0.149 e. The van der Waals surface area contributed by atoms with Gasteiger partial charge in [-0.05, 0) is 19.4 Å². The second kappa shape index (κ2) is 6.06.